The highest BCUT2D eigenvalue weighted by Crippen LogP contribution is 2.23. The SMILES string of the molecule is COC(=O)C(N)CC1CCC(=O)C(=O)C1. The first kappa shape index (κ1) is 11.8. The third-order valence-corrected chi connectivity index (χ3v) is 2.66. The average molecular weight is 213 g/mol. The lowest BCUT2D eigenvalue weighted by molar-refractivity contribution is -0.143. The second-order valence-electron chi connectivity index (χ2n) is 3.82. The molecule has 15 heavy (non-hydrogen) atoms. The van der Waals surface area contributed by atoms with Crippen LogP contribution in [0.4, 0.5) is 0 Å². The van der Waals surface area contributed by atoms with Crippen LogP contribution in [0.3, 0.4) is 0 Å². The van der Waals surface area contributed by atoms with Gasteiger partial charge in [-0.1, -0.05) is 0 Å². The van der Waals surface area contributed by atoms with E-state index in [4.69, 9.17) is 5.73 Å². The van der Waals surface area contributed by atoms with Crippen molar-refractivity contribution in [1.82, 2.24) is 0 Å². The molecule has 0 aromatic heterocycles. The molecule has 1 rings (SSSR count). The third-order valence-electron chi connectivity index (χ3n) is 2.66. The highest BCUT2D eigenvalue weighted by Gasteiger charge is 2.29. The van der Waals surface area contributed by atoms with E-state index in [9.17, 15) is 14.4 Å². The van der Waals surface area contributed by atoms with E-state index in [0.29, 0.717) is 12.8 Å². The average Bonchev–Trinajstić information content (AvgIpc) is 2.22. The molecule has 0 radical (unpaired) electrons. The van der Waals surface area contributed by atoms with Crippen LogP contribution in [0.1, 0.15) is 25.7 Å². The van der Waals surface area contributed by atoms with Crippen molar-refractivity contribution >= 4 is 17.5 Å². The minimum atomic E-state index is -0.694. The number of Topliss-reactive ketones (excluding diaryl/α,β-unsaturated/α-hetero) is 2. The number of ketones is 2. The summed E-state index contributed by atoms with van der Waals surface area (Å²) in [6.45, 7) is 0. The van der Waals surface area contributed by atoms with Gasteiger partial charge in [-0.25, -0.2) is 0 Å². The molecule has 1 aliphatic carbocycles. The maximum Gasteiger partial charge on any atom is 0.322 e. The molecule has 1 saturated carbocycles. The Bertz CT molecular complexity index is 287. The van der Waals surface area contributed by atoms with Crippen LogP contribution in [0.5, 0.6) is 0 Å². The van der Waals surface area contributed by atoms with Crippen molar-refractivity contribution < 1.29 is 19.1 Å². The van der Waals surface area contributed by atoms with Gasteiger partial charge in [0, 0.05) is 12.8 Å². The van der Waals surface area contributed by atoms with Crippen molar-refractivity contribution in [2.75, 3.05) is 7.11 Å². The number of carbonyl (C=O) groups excluding carboxylic acids is 3. The Morgan fingerprint density at radius 3 is 2.73 bits per heavy atom. The van der Waals surface area contributed by atoms with Gasteiger partial charge in [-0.15, -0.1) is 0 Å². The van der Waals surface area contributed by atoms with Gasteiger partial charge < -0.3 is 10.5 Å². The van der Waals surface area contributed by atoms with Gasteiger partial charge in [-0.05, 0) is 18.8 Å². The fraction of sp³-hybridized carbons (Fsp3) is 0.700. The molecule has 0 heterocycles. The van der Waals surface area contributed by atoms with E-state index in [1.807, 2.05) is 0 Å². The van der Waals surface area contributed by atoms with Crippen LogP contribution in [0.2, 0.25) is 0 Å². The quantitative estimate of drug-likeness (QED) is 0.519. The van der Waals surface area contributed by atoms with Crippen LogP contribution < -0.4 is 5.73 Å². The molecule has 0 saturated heterocycles. The maximum absolute atomic E-state index is 11.1. The highest BCUT2D eigenvalue weighted by atomic mass is 16.5. The number of ether oxygens (including phenoxy) is 1. The third kappa shape index (κ3) is 3.13. The van der Waals surface area contributed by atoms with Crippen molar-refractivity contribution in [1.29, 1.82) is 0 Å². The molecule has 2 unspecified atom stereocenters. The molecule has 1 fully saturated rings. The first-order valence-electron chi connectivity index (χ1n) is 4.94. The van der Waals surface area contributed by atoms with E-state index in [1.165, 1.54) is 7.11 Å². The molecule has 84 valence electrons. The van der Waals surface area contributed by atoms with Gasteiger partial charge in [0.15, 0.2) is 11.6 Å². The summed E-state index contributed by atoms with van der Waals surface area (Å²) in [7, 11) is 1.28. The molecule has 2 atom stereocenters. The van der Waals surface area contributed by atoms with Crippen molar-refractivity contribution in [2.24, 2.45) is 11.7 Å². The number of methoxy groups -OCH3 is 1. The standard InChI is InChI=1S/C10H15NO4/c1-15-10(14)7(11)4-6-2-3-8(12)9(13)5-6/h6-7H,2-5,11H2,1H3. The first-order valence-corrected chi connectivity index (χ1v) is 4.94. The van der Waals surface area contributed by atoms with Crippen molar-refractivity contribution in [3.05, 3.63) is 0 Å². The van der Waals surface area contributed by atoms with Gasteiger partial charge >= 0.3 is 5.97 Å². The zero-order valence-corrected chi connectivity index (χ0v) is 8.69. The zero-order chi connectivity index (χ0) is 11.4. The van der Waals surface area contributed by atoms with Crippen LogP contribution in [0.15, 0.2) is 0 Å². The summed E-state index contributed by atoms with van der Waals surface area (Å²) in [5.74, 6) is -1.09. The molecule has 0 amide bonds. The summed E-state index contributed by atoms with van der Waals surface area (Å²) >= 11 is 0. The van der Waals surface area contributed by atoms with E-state index >= 15 is 0 Å². The highest BCUT2D eigenvalue weighted by molar-refractivity contribution is 6.37. The van der Waals surface area contributed by atoms with Crippen LogP contribution in [0, 0.1) is 5.92 Å². The Kier molecular flexibility index (Phi) is 3.96. The summed E-state index contributed by atoms with van der Waals surface area (Å²) in [6.07, 6.45) is 1.53. The van der Waals surface area contributed by atoms with Crippen LogP contribution in [-0.4, -0.2) is 30.7 Å². The zero-order valence-electron chi connectivity index (χ0n) is 8.69. The lowest BCUT2D eigenvalue weighted by Crippen LogP contribution is -2.36. The number of hydrogen-bond acceptors (Lipinski definition) is 5. The molecule has 0 aromatic rings. The van der Waals surface area contributed by atoms with Gasteiger partial charge in [0.05, 0.1) is 7.11 Å². The maximum atomic E-state index is 11.1. The smallest absolute Gasteiger partial charge is 0.322 e. The Hall–Kier alpha value is -1.23. The number of nitrogens with two attached hydrogens (primary N) is 1. The minimum Gasteiger partial charge on any atom is -0.468 e. The summed E-state index contributed by atoms with van der Waals surface area (Å²) in [4.78, 5) is 33.1. The number of hydrogen-bond donors (Lipinski definition) is 1. The lowest BCUT2D eigenvalue weighted by atomic mass is 9.83. The molecule has 0 aliphatic heterocycles. The van der Waals surface area contributed by atoms with Crippen molar-refractivity contribution in [3.8, 4) is 0 Å². The number of carbonyl (C=O) groups is 3. The molecular formula is C10H15NO4. The van der Waals surface area contributed by atoms with Crippen molar-refractivity contribution in [2.45, 2.75) is 31.7 Å². The predicted molar refractivity (Wildman–Crippen MR) is 52.0 cm³/mol. The summed E-state index contributed by atoms with van der Waals surface area (Å²) < 4.78 is 4.49. The van der Waals surface area contributed by atoms with E-state index in [1.54, 1.807) is 0 Å². The largest absolute Gasteiger partial charge is 0.468 e. The second-order valence-corrected chi connectivity index (χ2v) is 3.82. The van der Waals surface area contributed by atoms with Crippen LogP contribution in [0.25, 0.3) is 0 Å². The van der Waals surface area contributed by atoms with E-state index < -0.39 is 12.0 Å². The Morgan fingerprint density at radius 1 is 1.53 bits per heavy atom. The van der Waals surface area contributed by atoms with Gasteiger partial charge in [0.1, 0.15) is 6.04 Å². The number of rotatable bonds is 3. The fourth-order valence-corrected chi connectivity index (χ4v) is 1.76. The lowest BCUT2D eigenvalue weighted by Gasteiger charge is -2.21. The second kappa shape index (κ2) is 5.02. The normalized spacial score (nSPS) is 23.7. The minimum absolute atomic E-state index is 0.0318. The van der Waals surface area contributed by atoms with E-state index in [2.05, 4.69) is 4.74 Å². The van der Waals surface area contributed by atoms with E-state index in [0.717, 1.165) is 0 Å². The monoisotopic (exact) mass is 213 g/mol. The van der Waals surface area contributed by atoms with E-state index in [-0.39, 0.29) is 30.3 Å². The van der Waals surface area contributed by atoms with Gasteiger partial charge in [0.2, 0.25) is 0 Å². The van der Waals surface area contributed by atoms with Gasteiger partial charge in [-0.2, -0.15) is 0 Å². The molecule has 2 N–H and O–H groups in total. The summed E-state index contributed by atoms with van der Waals surface area (Å²) in [6, 6.07) is -0.694. The van der Waals surface area contributed by atoms with Crippen molar-refractivity contribution in [3.63, 3.8) is 0 Å². The molecule has 0 aromatic carbocycles. The summed E-state index contributed by atoms with van der Waals surface area (Å²) in [5.41, 5.74) is 5.57. The topological polar surface area (TPSA) is 86.5 Å². The Morgan fingerprint density at radius 2 is 2.20 bits per heavy atom. The molecule has 0 spiro atoms. The Balaban J connectivity index is 2.43. The molecular weight excluding hydrogens is 198 g/mol. The molecule has 5 nitrogen and oxygen atoms in total. The fourth-order valence-electron chi connectivity index (χ4n) is 1.76. The van der Waals surface area contributed by atoms with Crippen LogP contribution >= 0.6 is 0 Å². The number of esters is 1. The Labute approximate surface area is 88.0 Å². The molecule has 5 heteroatoms. The first-order chi connectivity index (χ1) is 7.04. The van der Waals surface area contributed by atoms with Gasteiger partial charge in [0.25, 0.3) is 0 Å². The molecule has 1 aliphatic rings. The summed E-state index contributed by atoms with van der Waals surface area (Å²) in [5, 5.41) is 0. The van der Waals surface area contributed by atoms with Crippen LogP contribution in [-0.2, 0) is 19.1 Å². The predicted octanol–water partition coefficient (Wildman–Crippen LogP) is -0.185. The molecule has 0 bridgehead atoms. The van der Waals surface area contributed by atoms with Gasteiger partial charge in [-0.3, -0.25) is 14.4 Å².